The van der Waals surface area contributed by atoms with Crippen molar-refractivity contribution >= 4 is 22.8 Å². The molecule has 0 saturated heterocycles. The van der Waals surface area contributed by atoms with Gasteiger partial charge in [0.05, 0.1) is 5.69 Å². The smallest absolute Gasteiger partial charge is 0.215 e. The fraction of sp³-hybridized carbons (Fsp3) is 0.0400. The number of aromatic hydroxyl groups is 1. The highest BCUT2D eigenvalue weighted by molar-refractivity contribution is 5.92. The second-order valence-electron chi connectivity index (χ2n) is 6.70. The minimum Gasteiger partial charge on any atom is -0.507 e. The Morgan fingerprint density at radius 2 is 1.72 bits per heavy atom. The standard InChI is InChI=1S/C25H20N2O2/c1-2-9-18-12-8-13-19(24(18)28)16-26-23-22(17-10-4-3-5-11-17)27-21-15-7-6-14-20(21)25(23)29/h2-8,10-16,28H,1,9H2,(H,27,29). The van der Waals surface area contributed by atoms with E-state index in [-0.39, 0.29) is 11.2 Å². The molecule has 0 saturated carbocycles. The van der Waals surface area contributed by atoms with Crippen molar-refractivity contribution in [2.75, 3.05) is 0 Å². The molecule has 0 atom stereocenters. The van der Waals surface area contributed by atoms with Gasteiger partial charge in [-0.25, -0.2) is 4.99 Å². The van der Waals surface area contributed by atoms with Crippen molar-refractivity contribution in [1.82, 2.24) is 4.98 Å². The first-order valence-electron chi connectivity index (χ1n) is 9.35. The molecule has 142 valence electrons. The molecule has 3 aromatic carbocycles. The molecule has 0 bridgehead atoms. The van der Waals surface area contributed by atoms with Gasteiger partial charge in [-0.1, -0.05) is 60.7 Å². The summed E-state index contributed by atoms with van der Waals surface area (Å²) in [5, 5.41) is 11.1. The maximum absolute atomic E-state index is 13.2. The molecular weight excluding hydrogens is 360 g/mol. The molecule has 0 spiro atoms. The summed E-state index contributed by atoms with van der Waals surface area (Å²) in [5.41, 5.74) is 3.74. The van der Waals surface area contributed by atoms with Crippen molar-refractivity contribution < 1.29 is 5.11 Å². The lowest BCUT2D eigenvalue weighted by Gasteiger charge is -2.09. The molecule has 0 aliphatic carbocycles. The van der Waals surface area contributed by atoms with Crippen molar-refractivity contribution in [1.29, 1.82) is 0 Å². The van der Waals surface area contributed by atoms with E-state index >= 15 is 0 Å². The number of pyridine rings is 1. The van der Waals surface area contributed by atoms with Gasteiger partial charge in [0.2, 0.25) is 5.43 Å². The van der Waals surface area contributed by atoms with E-state index in [0.717, 1.165) is 16.6 Å². The predicted molar refractivity (Wildman–Crippen MR) is 119 cm³/mol. The van der Waals surface area contributed by atoms with Gasteiger partial charge in [-0.2, -0.15) is 0 Å². The van der Waals surface area contributed by atoms with Crippen molar-refractivity contribution in [3.63, 3.8) is 0 Å². The topological polar surface area (TPSA) is 65.5 Å². The van der Waals surface area contributed by atoms with Gasteiger partial charge in [-0.3, -0.25) is 4.79 Å². The molecular formula is C25H20N2O2. The van der Waals surface area contributed by atoms with Crippen LogP contribution in [0.5, 0.6) is 5.75 Å². The number of hydrogen-bond acceptors (Lipinski definition) is 3. The third kappa shape index (κ3) is 3.60. The maximum Gasteiger partial charge on any atom is 0.215 e. The van der Waals surface area contributed by atoms with Gasteiger partial charge in [0.15, 0.2) is 0 Å². The second-order valence-corrected chi connectivity index (χ2v) is 6.70. The number of H-pyrrole nitrogens is 1. The van der Waals surface area contributed by atoms with Crippen LogP contribution < -0.4 is 5.43 Å². The van der Waals surface area contributed by atoms with E-state index in [4.69, 9.17) is 0 Å². The molecule has 0 unspecified atom stereocenters. The fourth-order valence-electron chi connectivity index (χ4n) is 3.33. The lowest BCUT2D eigenvalue weighted by atomic mass is 10.1. The largest absolute Gasteiger partial charge is 0.507 e. The van der Waals surface area contributed by atoms with Crippen molar-refractivity contribution in [2.45, 2.75) is 6.42 Å². The number of fused-ring (bicyclic) bond motifs is 1. The van der Waals surface area contributed by atoms with Crippen LogP contribution >= 0.6 is 0 Å². The summed E-state index contributed by atoms with van der Waals surface area (Å²) in [6, 6.07) is 22.5. The predicted octanol–water partition coefficient (Wildman–Crippen LogP) is 5.38. The van der Waals surface area contributed by atoms with Crippen LogP contribution in [-0.4, -0.2) is 16.3 Å². The van der Waals surface area contributed by atoms with E-state index in [0.29, 0.717) is 28.8 Å². The van der Waals surface area contributed by atoms with Gasteiger partial charge >= 0.3 is 0 Å². The zero-order chi connectivity index (χ0) is 20.2. The Morgan fingerprint density at radius 3 is 2.52 bits per heavy atom. The molecule has 29 heavy (non-hydrogen) atoms. The normalized spacial score (nSPS) is 11.2. The van der Waals surface area contributed by atoms with Gasteiger partial charge in [0, 0.05) is 28.2 Å². The number of para-hydroxylation sites is 2. The first-order chi connectivity index (χ1) is 14.2. The minimum absolute atomic E-state index is 0.148. The molecule has 0 radical (unpaired) electrons. The molecule has 2 N–H and O–H groups in total. The number of aromatic amines is 1. The van der Waals surface area contributed by atoms with Crippen LogP contribution in [0.4, 0.5) is 5.69 Å². The van der Waals surface area contributed by atoms with Crippen LogP contribution in [0.25, 0.3) is 22.2 Å². The number of aliphatic imine (C=N–C) groups is 1. The van der Waals surface area contributed by atoms with E-state index in [9.17, 15) is 9.90 Å². The SMILES string of the molecule is C=CCc1cccc(C=Nc2c(-c3ccccc3)[nH]c3ccccc3c2=O)c1O. The van der Waals surface area contributed by atoms with Gasteiger partial charge in [0.1, 0.15) is 11.4 Å². The lowest BCUT2D eigenvalue weighted by molar-refractivity contribution is 0.469. The Kier molecular flexibility index (Phi) is 5.08. The molecule has 4 aromatic rings. The summed E-state index contributed by atoms with van der Waals surface area (Å²) < 4.78 is 0. The van der Waals surface area contributed by atoms with E-state index in [2.05, 4.69) is 16.6 Å². The van der Waals surface area contributed by atoms with E-state index in [1.807, 2.05) is 60.7 Å². The quantitative estimate of drug-likeness (QED) is 0.361. The summed E-state index contributed by atoms with van der Waals surface area (Å²) in [6.07, 6.45) is 3.82. The molecule has 1 heterocycles. The lowest BCUT2D eigenvalue weighted by Crippen LogP contribution is -2.05. The van der Waals surface area contributed by atoms with Crippen LogP contribution in [0, 0.1) is 0 Å². The van der Waals surface area contributed by atoms with Crippen LogP contribution in [0.15, 0.2) is 95.2 Å². The van der Waals surface area contributed by atoms with E-state index < -0.39 is 0 Å². The molecule has 4 rings (SSSR count). The number of nitrogens with zero attached hydrogens (tertiary/aromatic N) is 1. The summed E-state index contributed by atoms with van der Waals surface area (Å²) in [4.78, 5) is 21.0. The number of nitrogens with one attached hydrogen (secondary N) is 1. The van der Waals surface area contributed by atoms with Crippen LogP contribution in [0.1, 0.15) is 11.1 Å². The van der Waals surface area contributed by atoms with Crippen LogP contribution in [-0.2, 0) is 6.42 Å². The van der Waals surface area contributed by atoms with Gasteiger partial charge in [0.25, 0.3) is 0 Å². The van der Waals surface area contributed by atoms with Crippen molar-refractivity contribution in [2.24, 2.45) is 4.99 Å². The Labute approximate surface area is 168 Å². The average Bonchev–Trinajstić information content (AvgIpc) is 2.76. The molecule has 0 aliphatic rings. The fourth-order valence-corrected chi connectivity index (χ4v) is 3.33. The Bertz CT molecular complexity index is 1270. The highest BCUT2D eigenvalue weighted by atomic mass is 16.3. The Hall–Kier alpha value is -3.92. The number of hydrogen-bond donors (Lipinski definition) is 2. The first-order valence-corrected chi connectivity index (χ1v) is 9.35. The molecule has 4 heteroatoms. The number of aromatic nitrogens is 1. The van der Waals surface area contributed by atoms with Crippen LogP contribution in [0.3, 0.4) is 0 Å². The zero-order valence-corrected chi connectivity index (χ0v) is 15.8. The third-order valence-corrected chi connectivity index (χ3v) is 4.79. The summed E-state index contributed by atoms with van der Waals surface area (Å²) in [6.45, 7) is 3.72. The van der Waals surface area contributed by atoms with E-state index in [1.54, 1.807) is 18.2 Å². The van der Waals surface area contributed by atoms with Gasteiger partial charge < -0.3 is 10.1 Å². The third-order valence-electron chi connectivity index (χ3n) is 4.79. The molecule has 0 amide bonds. The van der Waals surface area contributed by atoms with Gasteiger partial charge in [-0.05, 0) is 30.2 Å². The summed E-state index contributed by atoms with van der Waals surface area (Å²) in [7, 11) is 0. The highest BCUT2D eigenvalue weighted by Gasteiger charge is 2.13. The van der Waals surface area contributed by atoms with E-state index in [1.165, 1.54) is 6.21 Å². The monoisotopic (exact) mass is 380 g/mol. The molecule has 0 fully saturated rings. The number of benzene rings is 3. The van der Waals surface area contributed by atoms with Gasteiger partial charge in [-0.15, -0.1) is 6.58 Å². The van der Waals surface area contributed by atoms with Crippen molar-refractivity contribution in [3.8, 4) is 17.0 Å². The molecule has 0 aliphatic heterocycles. The zero-order valence-electron chi connectivity index (χ0n) is 15.8. The maximum atomic E-state index is 13.2. The molecule has 1 aromatic heterocycles. The van der Waals surface area contributed by atoms with Crippen LogP contribution in [0.2, 0.25) is 0 Å². The number of rotatable bonds is 5. The minimum atomic E-state index is -0.156. The average molecular weight is 380 g/mol. The Morgan fingerprint density at radius 1 is 0.966 bits per heavy atom. The summed E-state index contributed by atoms with van der Waals surface area (Å²) in [5.74, 6) is 0.148. The highest BCUT2D eigenvalue weighted by Crippen LogP contribution is 2.28. The second kappa shape index (κ2) is 7.98. The molecule has 4 nitrogen and oxygen atoms in total. The van der Waals surface area contributed by atoms with Crippen molar-refractivity contribution in [3.05, 3.63) is 107 Å². The first kappa shape index (κ1) is 18.4. The number of phenolic OH excluding ortho intramolecular Hbond substituents is 1. The Balaban J connectivity index is 1.90. The summed E-state index contributed by atoms with van der Waals surface area (Å²) >= 11 is 0. The number of phenols is 1. The number of allylic oxidation sites excluding steroid dienone is 1.